The van der Waals surface area contributed by atoms with Crippen molar-refractivity contribution in [3.05, 3.63) is 33.6 Å². The average molecular weight is 289 g/mol. The van der Waals surface area contributed by atoms with Crippen molar-refractivity contribution in [3.63, 3.8) is 0 Å². The lowest BCUT2D eigenvalue weighted by molar-refractivity contribution is -0.0255. The average Bonchev–Trinajstić information content (AvgIpc) is 2.34. The van der Waals surface area contributed by atoms with E-state index < -0.39 is 5.82 Å². The number of rotatable bonds is 2. The normalized spacial score (nSPS) is 20.7. The summed E-state index contributed by atoms with van der Waals surface area (Å²) in [5.74, 6) is -0.517. The number of halogens is 3. The number of nitriles is 1. The van der Waals surface area contributed by atoms with Crippen LogP contribution in [-0.2, 0) is 4.74 Å². The van der Waals surface area contributed by atoms with Crippen LogP contribution in [0, 0.1) is 17.1 Å². The van der Waals surface area contributed by atoms with Gasteiger partial charge in [-0.3, -0.25) is 4.90 Å². The van der Waals surface area contributed by atoms with Crippen molar-refractivity contribution in [3.8, 4) is 6.07 Å². The van der Waals surface area contributed by atoms with E-state index in [0.717, 1.165) is 0 Å². The Morgan fingerprint density at radius 2 is 2.22 bits per heavy atom. The number of nitrogens with zero attached hydrogens (tertiary/aromatic N) is 2. The fraction of sp³-hybridized carbons (Fsp3) is 0.417. The van der Waals surface area contributed by atoms with E-state index in [0.29, 0.717) is 36.8 Å². The maximum Gasteiger partial charge on any atom is 0.142 e. The van der Waals surface area contributed by atoms with Crippen molar-refractivity contribution in [2.24, 2.45) is 0 Å². The maximum absolute atomic E-state index is 13.4. The number of hydrogen-bond acceptors (Lipinski definition) is 3. The van der Waals surface area contributed by atoms with Gasteiger partial charge in [0.15, 0.2) is 0 Å². The van der Waals surface area contributed by atoms with E-state index in [2.05, 4.69) is 6.07 Å². The monoisotopic (exact) mass is 288 g/mol. The Balaban J connectivity index is 2.21. The van der Waals surface area contributed by atoms with Crippen molar-refractivity contribution in [2.75, 3.05) is 26.2 Å². The van der Waals surface area contributed by atoms with Gasteiger partial charge < -0.3 is 4.74 Å². The van der Waals surface area contributed by atoms with Crippen LogP contribution in [0.5, 0.6) is 0 Å². The molecule has 96 valence electrons. The molecule has 0 spiro atoms. The van der Waals surface area contributed by atoms with Crippen molar-refractivity contribution in [1.29, 1.82) is 5.26 Å². The van der Waals surface area contributed by atoms with Gasteiger partial charge in [0.2, 0.25) is 0 Å². The third kappa shape index (κ3) is 2.93. The molecule has 0 bridgehead atoms. The standard InChI is InChI=1S/C12H11Cl2FN2O/c13-9-6-10(14)11(15)5-8(9)12-7-17(2-1-16)3-4-18-12/h5-6,12H,2-4,7H2/t12-/m1/s1. The zero-order valence-electron chi connectivity index (χ0n) is 9.50. The van der Waals surface area contributed by atoms with E-state index in [1.54, 1.807) is 0 Å². The first-order chi connectivity index (χ1) is 8.61. The van der Waals surface area contributed by atoms with Crippen molar-refractivity contribution in [2.45, 2.75) is 6.10 Å². The Morgan fingerprint density at radius 3 is 2.94 bits per heavy atom. The smallest absolute Gasteiger partial charge is 0.142 e. The number of benzene rings is 1. The highest BCUT2D eigenvalue weighted by Gasteiger charge is 2.24. The summed E-state index contributed by atoms with van der Waals surface area (Å²) in [6.45, 7) is 2.03. The molecular formula is C12H11Cl2FN2O. The Bertz CT molecular complexity index is 490. The van der Waals surface area contributed by atoms with Crippen LogP contribution in [0.1, 0.15) is 11.7 Å². The fourth-order valence-electron chi connectivity index (χ4n) is 1.92. The summed E-state index contributed by atoms with van der Waals surface area (Å²) in [7, 11) is 0. The molecule has 18 heavy (non-hydrogen) atoms. The molecule has 1 aliphatic heterocycles. The summed E-state index contributed by atoms with van der Waals surface area (Å²) < 4.78 is 19.0. The van der Waals surface area contributed by atoms with Crippen LogP contribution in [-0.4, -0.2) is 31.1 Å². The van der Waals surface area contributed by atoms with Crippen LogP contribution in [0.3, 0.4) is 0 Å². The van der Waals surface area contributed by atoms with E-state index in [1.807, 2.05) is 4.90 Å². The van der Waals surface area contributed by atoms with Gasteiger partial charge in [0.25, 0.3) is 0 Å². The van der Waals surface area contributed by atoms with Crippen LogP contribution in [0.4, 0.5) is 4.39 Å². The molecule has 1 aromatic rings. The summed E-state index contributed by atoms with van der Waals surface area (Å²) in [6, 6.07) is 4.76. The third-order valence-electron chi connectivity index (χ3n) is 2.83. The minimum Gasteiger partial charge on any atom is -0.371 e. The highest BCUT2D eigenvalue weighted by molar-refractivity contribution is 6.35. The van der Waals surface area contributed by atoms with Crippen molar-refractivity contribution in [1.82, 2.24) is 4.90 Å². The summed E-state index contributed by atoms with van der Waals surface area (Å²) >= 11 is 11.7. The van der Waals surface area contributed by atoms with Gasteiger partial charge in [-0.2, -0.15) is 5.26 Å². The first-order valence-corrected chi connectivity index (χ1v) is 6.22. The number of morpholine rings is 1. The zero-order valence-corrected chi connectivity index (χ0v) is 11.0. The molecule has 1 saturated heterocycles. The molecule has 2 rings (SSSR count). The first kappa shape index (κ1) is 13.6. The molecule has 1 atom stereocenters. The van der Waals surface area contributed by atoms with Gasteiger partial charge in [-0.05, 0) is 12.1 Å². The van der Waals surface area contributed by atoms with Gasteiger partial charge in [-0.25, -0.2) is 4.39 Å². The quantitative estimate of drug-likeness (QED) is 0.620. The van der Waals surface area contributed by atoms with Gasteiger partial charge in [-0.1, -0.05) is 23.2 Å². The van der Waals surface area contributed by atoms with Crippen LogP contribution >= 0.6 is 23.2 Å². The Morgan fingerprint density at radius 1 is 1.44 bits per heavy atom. The topological polar surface area (TPSA) is 36.3 Å². The van der Waals surface area contributed by atoms with Crippen LogP contribution in [0.2, 0.25) is 10.0 Å². The molecule has 1 heterocycles. The third-order valence-corrected chi connectivity index (χ3v) is 3.45. The van der Waals surface area contributed by atoms with Crippen molar-refractivity contribution < 1.29 is 9.13 Å². The van der Waals surface area contributed by atoms with Gasteiger partial charge in [-0.15, -0.1) is 0 Å². The second-order valence-corrected chi connectivity index (χ2v) is 4.85. The molecule has 0 amide bonds. The Hall–Kier alpha value is -0.860. The molecule has 6 heteroatoms. The van der Waals surface area contributed by atoms with Gasteiger partial charge in [0, 0.05) is 23.7 Å². The lowest BCUT2D eigenvalue weighted by Crippen LogP contribution is -2.38. The lowest BCUT2D eigenvalue weighted by Gasteiger charge is -2.31. The number of hydrogen-bond donors (Lipinski definition) is 0. The van der Waals surface area contributed by atoms with Crippen molar-refractivity contribution >= 4 is 23.2 Å². The van der Waals surface area contributed by atoms with E-state index >= 15 is 0 Å². The predicted octanol–water partition coefficient (Wildman–Crippen LogP) is 3.03. The van der Waals surface area contributed by atoms with E-state index in [-0.39, 0.29) is 11.1 Å². The van der Waals surface area contributed by atoms with Crippen LogP contribution in [0.25, 0.3) is 0 Å². The molecule has 0 aliphatic carbocycles. The van der Waals surface area contributed by atoms with Gasteiger partial charge in [0.05, 0.1) is 30.3 Å². The Labute approximate surface area is 115 Å². The minimum absolute atomic E-state index is 0.00607. The van der Waals surface area contributed by atoms with Gasteiger partial charge >= 0.3 is 0 Å². The summed E-state index contributed by atoms with van der Waals surface area (Å²) in [6.07, 6.45) is -0.327. The highest BCUT2D eigenvalue weighted by Crippen LogP contribution is 2.32. The lowest BCUT2D eigenvalue weighted by atomic mass is 10.1. The zero-order chi connectivity index (χ0) is 13.1. The van der Waals surface area contributed by atoms with E-state index in [1.165, 1.54) is 12.1 Å². The molecule has 0 N–H and O–H groups in total. The molecule has 1 aromatic carbocycles. The summed E-state index contributed by atoms with van der Waals surface area (Å²) in [4.78, 5) is 1.94. The summed E-state index contributed by atoms with van der Waals surface area (Å²) in [5, 5.41) is 9.05. The highest BCUT2D eigenvalue weighted by atomic mass is 35.5. The largest absolute Gasteiger partial charge is 0.371 e. The van der Waals surface area contributed by atoms with E-state index in [9.17, 15) is 4.39 Å². The van der Waals surface area contributed by atoms with Gasteiger partial charge in [0.1, 0.15) is 5.82 Å². The molecule has 0 unspecified atom stereocenters. The molecule has 1 fully saturated rings. The minimum atomic E-state index is -0.517. The summed E-state index contributed by atoms with van der Waals surface area (Å²) in [5.41, 5.74) is 0.571. The molecular weight excluding hydrogens is 278 g/mol. The molecule has 0 radical (unpaired) electrons. The van der Waals surface area contributed by atoms with Crippen LogP contribution in [0.15, 0.2) is 12.1 Å². The fourth-order valence-corrected chi connectivity index (χ4v) is 2.42. The first-order valence-electron chi connectivity index (χ1n) is 5.47. The maximum atomic E-state index is 13.4. The molecule has 0 saturated carbocycles. The molecule has 0 aromatic heterocycles. The molecule has 1 aliphatic rings. The van der Waals surface area contributed by atoms with Crippen LogP contribution < -0.4 is 0 Å². The SMILES string of the molecule is N#CCN1CCO[C@@H](c2cc(F)c(Cl)cc2Cl)C1. The number of ether oxygens (including phenoxy) is 1. The second-order valence-electron chi connectivity index (χ2n) is 4.04. The predicted molar refractivity (Wildman–Crippen MR) is 67.2 cm³/mol. The second kappa shape index (κ2) is 5.85. The Kier molecular flexibility index (Phi) is 4.41. The molecule has 3 nitrogen and oxygen atoms in total. The van der Waals surface area contributed by atoms with E-state index in [4.69, 9.17) is 33.2 Å².